The Bertz CT molecular complexity index is 906. The average Bonchev–Trinajstić information content (AvgIpc) is 2.97. The number of nitrogens with zero attached hydrogens (tertiary/aromatic N) is 2. The Hall–Kier alpha value is -2.02. The molecule has 0 aromatic heterocycles. The first-order valence-electron chi connectivity index (χ1n) is 8.05. The lowest BCUT2D eigenvalue weighted by Crippen LogP contribution is -3.00. The van der Waals surface area contributed by atoms with Gasteiger partial charge in [0.2, 0.25) is 5.71 Å². The van der Waals surface area contributed by atoms with E-state index in [4.69, 9.17) is 4.99 Å². The third-order valence-electron chi connectivity index (χ3n) is 4.74. The smallest absolute Gasteiger partial charge is 0.488 e. The van der Waals surface area contributed by atoms with Crippen molar-refractivity contribution in [3.8, 4) is 0 Å². The Kier molecular flexibility index (Phi) is 5.04. The van der Waals surface area contributed by atoms with Crippen LogP contribution < -0.4 is 22.4 Å². The Balaban J connectivity index is 0.00000182. The predicted molar refractivity (Wildman–Crippen MR) is 96.3 cm³/mol. The van der Waals surface area contributed by atoms with E-state index in [2.05, 4.69) is 29.8 Å². The molecular weight excluding hydrogens is 379 g/mol. The molecule has 2 N–H and O–H groups in total. The molecule has 2 aliphatic heterocycles. The van der Waals surface area contributed by atoms with Crippen LogP contribution >= 0.6 is 0 Å². The lowest BCUT2D eigenvalue weighted by molar-refractivity contribution is -0.473. The minimum absolute atomic E-state index is 0. The van der Waals surface area contributed by atoms with Crippen molar-refractivity contribution in [2.75, 3.05) is 0 Å². The number of rotatable bonds is 3. The number of hydrogen-bond donors (Lipinski definition) is 2. The third-order valence-corrected chi connectivity index (χ3v) is 4.74. The van der Waals surface area contributed by atoms with E-state index in [9.17, 15) is 10.0 Å². The van der Waals surface area contributed by atoms with E-state index in [1.807, 2.05) is 36.4 Å². The molecule has 126 valence electrons. The van der Waals surface area contributed by atoms with Crippen molar-refractivity contribution in [1.82, 2.24) is 0 Å². The minimum atomic E-state index is -1.46. The van der Waals surface area contributed by atoms with Crippen LogP contribution in [-0.4, -0.2) is 33.2 Å². The molecule has 4 rings (SSSR count). The maximum Gasteiger partial charge on any atom is 0.488 e. The fourth-order valence-electron chi connectivity index (χ4n) is 3.43. The molecular formula is C19H18BBrN2O2. The molecule has 4 nitrogen and oxygen atoms in total. The standard InChI is InChI=1S/C19H18BN2O2.BrH/c1-13-19-16(15-7-3-5-9-18(15)21-19)10-11-22(13)12-14-6-2-4-8-17(14)20(23)24;/h2-11,16,23-24H,12H2,1H3;1H/q+1;/p-1. The molecule has 0 saturated heterocycles. The van der Waals surface area contributed by atoms with Gasteiger partial charge < -0.3 is 27.0 Å². The largest absolute Gasteiger partial charge is 1.00 e. The fraction of sp³-hybridized carbons (Fsp3) is 0.158. The number of benzene rings is 2. The van der Waals surface area contributed by atoms with Crippen LogP contribution in [0.15, 0.2) is 65.8 Å². The molecule has 0 bridgehead atoms. The van der Waals surface area contributed by atoms with Crippen LogP contribution in [-0.2, 0) is 6.54 Å². The van der Waals surface area contributed by atoms with Crippen molar-refractivity contribution in [3.05, 3.63) is 71.9 Å². The highest BCUT2D eigenvalue weighted by Crippen LogP contribution is 2.37. The lowest BCUT2D eigenvalue weighted by Gasteiger charge is -2.15. The van der Waals surface area contributed by atoms with Gasteiger partial charge in [-0.25, -0.2) is 4.99 Å². The zero-order valence-electron chi connectivity index (χ0n) is 13.8. The number of halogens is 1. The van der Waals surface area contributed by atoms with Gasteiger partial charge in [0.05, 0.1) is 11.6 Å². The van der Waals surface area contributed by atoms with Crippen LogP contribution in [0.3, 0.4) is 0 Å². The van der Waals surface area contributed by atoms with Crippen LogP contribution in [0.4, 0.5) is 5.69 Å². The van der Waals surface area contributed by atoms with Gasteiger partial charge in [0, 0.05) is 12.5 Å². The summed E-state index contributed by atoms with van der Waals surface area (Å²) in [5.74, 6) is 0.219. The molecule has 1 unspecified atom stereocenters. The van der Waals surface area contributed by atoms with E-state index in [1.165, 1.54) is 5.56 Å². The first-order chi connectivity index (χ1) is 11.6. The van der Waals surface area contributed by atoms with Crippen molar-refractivity contribution < 1.29 is 31.6 Å². The Morgan fingerprint density at radius 3 is 2.60 bits per heavy atom. The highest BCUT2D eigenvalue weighted by atomic mass is 79.9. The molecule has 0 spiro atoms. The van der Waals surface area contributed by atoms with Crippen molar-refractivity contribution in [2.45, 2.75) is 19.4 Å². The number of hydrogen-bond acceptors (Lipinski definition) is 3. The van der Waals surface area contributed by atoms with Gasteiger partial charge in [-0.3, -0.25) is 0 Å². The summed E-state index contributed by atoms with van der Waals surface area (Å²) in [5, 5.41) is 19.1. The second kappa shape index (κ2) is 7.08. The second-order valence-electron chi connectivity index (χ2n) is 6.16. The number of fused-ring (bicyclic) bond motifs is 3. The SMILES string of the molecule is CC1=[N+](Cc2ccccc2B(O)O)C=CC2C1=Nc1ccccc12.[Br-]. The maximum absolute atomic E-state index is 9.56. The number of para-hydroxylation sites is 1. The molecule has 25 heavy (non-hydrogen) atoms. The van der Waals surface area contributed by atoms with E-state index in [1.54, 1.807) is 6.07 Å². The van der Waals surface area contributed by atoms with Gasteiger partial charge in [0.1, 0.15) is 5.71 Å². The summed E-state index contributed by atoms with van der Waals surface area (Å²) in [6, 6.07) is 15.6. The number of aliphatic imine (C=N–C) groups is 1. The fourth-order valence-corrected chi connectivity index (χ4v) is 3.43. The summed E-state index contributed by atoms with van der Waals surface area (Å²) >= 11 is 0. The summed E-state index contributed by atoms with van der Waals surface area (Å²) < 4.78 is 2.11. The molecule has 2 aliphatic rings. The maximum atomic E-state index is 9.56. The van der Waals surface area contributed by atoms with E-state index in [-0.39, 0.29) is 22.9 Å². The van der Waals surface area contributed by atoms with Crippen LogP contribution in [0.5, 0.6) is 0 Å². The summed E-state index contributed by atoms with van der Waals surface area (Å²) in [6.07, 6.45) is 4.23. The topological polar surface area (TPSA) is 55.8 Å². The normalized spacial score (nSPS) is 17.6. The summed E-state index contributed by atoms with van der Waals surface area (Å²) in [5.41, 5.74) is 5.88. The Morgan fingerprint density at radius 1 is 1.08 bits per heavy atom. The summed E-state index contributed by atoms with van der Waals surface area (Å²) in [7, 11) is -1.46. The van der Waals surface area contributed by atoms with Gasteiger partial charge in [-0.2, -0.15) is 4.58 Å². The van der Waals surface area contributed by atoms with Gasteiger partial charge in [-0.15, -0.1) is 0 Å². The van der Waals surface area contributed by atoms with Crippen LogP contribution in [0, 0.1) is 0 Å². The second-order valence-corrected chi connectivity index (χ2v) is 6.16. The third kappa shape index (κ3) is 3.13. The molecule has 0 amide bonds. The number of allylic oxidation sites excluding steroid dienone is 1. The van der Waals surface area contributed by atoms with Gasteiger partial charge in [0.25, 0.3) is 0 Å². The van der Waals surface area contributed by atoms with Crippen molar-refractivity contribution in [2.24, 2.45) is 4.99 Å². The molecule has 2 aromatic rings. The highest BCUT2D eigenvalue weighted by Gasteiger charge is 2.34. The van der Waals surface area contributed by atoms with E-state index in [0.717, 1.165) is 22.7 Å². The molecule has 2 aromatic carbocycles. The summed E-state index contributed by atoms with van der Waals surface area (Å²) in [4.78, 5) is 4.79. The zero-order chi connectivity index (χ0) is 16.7. The molecule has 0 aliphatic carbocycles. The van der Waals surface area contributed by atoms with Crippen LogP contribution in [0.1, 0.15) is 24.0 Å². The minimum Gasteiger partial charge on any atom is -1.00 e. The van der Waals surface area contributed by atoms with E-state index >= 15 is 0 Å². The van der Waals surface area contributed by atoms with Crippen molar-refractivity contribution in [3.63, 3.8) is 0 Å². The van der Waals surface area contributed by atoms with Gasteiger partial charge in [0.15, 0.2) is 12.7 Å². The van der Waals surface area contributed by atoms with E-state index in [0.29, 0.717) is 12.0 Å². The van der Waals surface area contributed by atoms with Crippen LogP contribution in [0.2, 0.25) is 0 Å². The quantitative estimate of drug-likeness (QED) is 0.502. The Morgan fingerprint density at radius 2 is 1.80 bits per heavy atom. The molecule has 0 fully saturated rings. The first-order valence-corrected chi connectivity index (χ1v) is 8.05. The molecule has 6 heteroatoms. The lowest BCUT2D eigenvalue weighted by atomic mass is 9.77. The molecule has 2 heterocycles. The highest BCUT2D eigenvalue weighted by molar-refractivity contribution is 6.59. The average molecular weight is 397 g/mol. The van der Waals surface area contributed by atoms with Crippen molar-refractivity contribution in [1.29, 1.82) is 0 Å². The first kappa shape index (κ1) is 17.8. The van der Waals surface area contributed by atoms with Gasteiger partial charge in [-0.1, -0.05) is 42.5 Å². The Labute approximate surface area is 157 Å². The van der Waals surface area contributed by atoms with Crippen LogP contribution in [0.25, 0.3) is 0 Å². The monoisotopic (exact) mass is 396 g/mol. The molecule has 0 radical (unpaired) electrons. The predicted octanol–water partition coefficient (Wildman–Crippen LogP) is -1.26. The zero-order valence-corrected chi connectivity index (χ0v) is 15.4. The van der Waals surface area contributed by atoms with Gasteiger partial charge >= 0.3 is 7.12 Å². The molecule has 1 atom stereocenters. The van der Waals surface area contributed by atoms with Gasteiger partial charge in [-0.05, 0) is 23.2 Å². The summed E-state index contributed by atoms with van der Waals surface area (Å²) in [6.45, 7) is 2.65. The van der Waals surface area contributed by atoms with E-state index < -0.39 is 7.12 Å². The van der Waals surface area contributed by atoms with Crippen molar-refractivity contribution >= 4 is 29.7 Å². The molecule has 0 saturated carbocycles.